The van der Waals surface area contributed by atoms with Gasteiger partial charge in [-0.3, -0.25) is 14.8 Å². The van der Waals surface area contributed by atoms with Crippen LogP contribution in [0, 0.1) is 13.8 Å². The van der Waals surface area contributed by atoms with Crippen LogP contribution in [0.15, 0.2) is 53.7 Å². The molecule has 2 aromatic carbocycles. The van der Waals surface area contributed by atoms with Crippen LogP contribution in [0.3, 0.4) is 0 Å². The van der Waals surface area contributed by atoms with Gasteiger partial charge in [0.25, 0.3) is 5.91 Å². The summed E-state index contributed by atoms with van der Waals surface area (Å²) in [4.78, 5) is 17.6. The summed E-state index contributed by atoms with van der Waals surface area (Å²) in [5.74, 6) is 1.26. The summed E-state index contributed by atoms with van der Waals surface area (Å²) in [5.41, 5.74) is 4.38. The molecule has 8 nitrogen and oxygen atoms in total. The van der Waals surface area contributed by atoms with Crippen LogP contribution in [0.4, 0.5) is 5.69 Å². The molecule has 32 heavy (non-hydrogen) atoms. The number of amides is 1. The van der Waals surface area contributed by atoms with Gasteiger partial charge in [0, 0.05) is 29.6 Å². The molecular weight excluding hydrogens is 406 g/mol. The number of ether oxygens (including phenoxy) is 2. The lowest BCUT2D eigenvalue weighted by atomic mass is 10.2. The quantitative estimate of drug-likeness (QED) is 0.452. The number of rotatable bonds is 6. The zero-order valence-corrected chi connectivity index (χ0v) is 18.5. The number of aromatic nitrogens is 2. The van der Waals surface area contributed by atoms with Crippen molar-refractivity contribution < 1.29 is 14.3 Å². The van der Waals surface area contributed by atoms with Gasteiger partial charge in [-0.25, -0.2) is 4.99 Å². The molecule has 0 saturated carbocycles. The number of aliphatic imine (C=N–C) groups is 1. The van der Waals surface area contributed by atoms with Gasteiger partial charge >= 0.3 is 0 Å². The maximum Gasteiger partial charge on any atom is 0.258 e. The Balaban J connectivity index is 1.54. The van der Waals surface area contributed by atoms with E-state index in [9.17, 15) is 4.79 Å². The second-order valence-electron chi connectivity index (χ2n) is 7.68. The minimum atomic E-state index is -0.292. The molecule has 4 rings (SSSR count). The number of aryl methyl sites for hydroxylation is 3. The van der Waals surface area contributed by atoms with Crippen LogP contribution in [0.2, 0.25) is 0 Å². The fourth-order valence-corrected chi connectivity index (χ4v) is 3.32. The zero-order chi connectivity index (χ0) is 22.5. The molecule has 2 N–H and O–H groups in total. The van der Waals surface area contributed by atoms with Crippen LogP contribution in [-0.4, -0.2) is 28.4 Å². The average molecular weight is 434 g/mol. The van der Waals surface area contributed by atoms with Crippen LogP contribution in [0.5, 0.6) is 11.5 Å². The van der Waals surface area contributed by atoms with E-state index in [2.05, 4.69) is 27.6 Å². The molecule has 0 atom stereocenters. The number of carbonyl (C=O) groups excluding carboxylic acids is 1. The van der Waals surface area contributed by atoms with Crippen molar-refractivity contribution in [1.29, 1.82) is 0 Å². The van der Waals surface area contributed by atoms with E-state index >= 15 is 0 Å². The predicted octanol–water partition coefficient (Wildman–Crippen LogP) is 4.04. The normalized spacial score (nSPS) is 12.7. The van der Waals surface area contributed by atoms with Crippen LogP contribution < -0.4 is 20.1 Å². The molecule has 0 aliphatic carbocycles. The Morgan fingerprint density at radius 1 is 1.12 bits per heavy atom. The molecule has 1 aromatic heterocycles. The molecule has 1 aliphatic heterocycles. The molecule has 1 aliphatic rings. The van der Waals surface area contributed by atoms with Crippen LogP contribution >= 0.6 is 0 Å². The zero-order valence-electron chi connectivity index (χ0n) is 18.5. The van der Waals surface area contributed by atoms with Crippen molar-refractivity contribution in [3.63, 3.8) is 0 Å². The highest BCUT2D eigenvalue weighted by molar-refractivity contribution is 6.10. The fraction of sp³-hybridized carbons (Fsp3) is 0.292. The van der Waals surface area contributed by atoms with Gasteiger partial charge in [-0.1, -0.05) is 24.6 Å². The first-order valence-corrected chi connectivity index (χ1v) is 10.6. The van der Waals surface area contributed by atoms with Crippen molar-refractivity contribution >= 4 is 17.6 Å². The lowest BCUT2D eigenvalue weighted by Crippen LogP contribution is -2.36. The number of guanidine groups is 1. The van der Waals surface area contributed by atoms with Gasteiger partial charge in [-0.2, -0.15) is 5.10 Å². The number of carbonyl (C=O) groups is 1. The standard InChI is InChI=1S/C24H27N5O3/c1-4-11-29-14-19(17(3)28-29)13-25-24(26-20-8-5-16(2)6-9-20)27-23(30)18-7-10-21-22(12-18)32-15-31-21/h5-10,12,14H,4,11,13,15H2,1-3H3,(H2,25,26,27,30). The molecule has 0 spiro atoms. The number of nitrogens with one attached hydrogen (secondary N) is 2. The number of nitrogens with zero attached hydrogens (tertiary/aromatic N) is 3. The van der Waals surface area contributed by atoms with Crippen molar-refractivity contribution in [3.8, 4) is 11.5 Å². The Labute approximate surface area is 187 Å². The van der Waals surface area contributed by atoms with E-state index in [1.807, 2.05) is 49.0 Å². The summed E-state index contributed by atoms with van der Waals surface area (Å²) in [6.07, 6.45) is 3.02. The van der Waals surface area contributed by atoms with Crippen molar-refractivity contribution in [3.05, 3.63) is 71.0 Å². The number of benzene rings is 2. The molecule has 0 saturated heterocycles. The lowest BCUT2D eigenvalue weighted by molar-refractivity contribution is 0.0976. The minimum absolute atomic E-state index is 0.160. The Kier molecular flexibility index (Phi) is 6.39. The molecule has 0 radical (unpaired) electrons. The molecule has 0 unspecified atom stereocenters. The first kappa shape index (κ1) is 21.4. The van der Waals surface area contributed by atoms with Gasteiger partial charge in [0.15, 0.2) is 11.5 Å². The summed E-state index contributed by atoms with van der Waals surface area (Å²) < 4.78 is 12.6. The molecule has 0 fully saturated rings. The number of fused-ring (bicyclic) bond motifs is 1. The number of hydrogen-bond donors (Lipinski definition) is 2. The van der Waals surface area contributed by atoms with Gasteiger partial charge < -0.3 is 14.8 Å². The van der Waals surface area contributed by atoms with Gasteiger partial charge in [0.05, 0.1) is 12.2 Å². The van der Waals surface area contributed by atoms with Gasteiger partial charge in [0.1, 0.15) is 0 Å². The molecule has 8 heteroatoms. The first-order valence-electron chi connectivity index (χ1n) is 10.6. The monoisotopic (exact) mass is 433 g/mol. The predicted molar refractivity (Wildman–Crippen MR) is 123 cm³/mol. The topological polar surface area (TPSA) is 89.8 Å². The van der Waals surface area contributed by atoms with Crippen LogP contribution in [0.25, 0.3) is 0 Å². The second-order valence-corrected chi connectivity index (χ2v) is 7.68. The number of anilines is 1. The second kappa shape index (κ2) is 9.55. The maximum atomic E-state index is 12.9. The van der Waals surface area contributed by atoms with Crippen molar-refractivity contribution in [2.75, 3.05) is 12.1 Å². The highest BCUT2D eigenvalue weighted by Gasteiger charge is 2.17. The lowest BCUT2D eigenvalue weighted by Gasteiger charge is -2.12. The number of hydrogen-bond acceptors (Lipinski definition) is 5. The van der Waals surface area contributed by atoms with Crippen molar-refractivity contribution in [2.24, 2.45) is 4.99 Å². The summed E-state index contributed by atoms with van der Waals surface area (Å²) in [6, 6.07) is 13.0. The Morgan fingerprint density at radius 2 is 1.91 bits per heavy atom. The van der Waals surface area contributed by atoms with E-state index in [4.69, 9.17) is 9.47 Å². The Hall–Kier alpha value is -3.81. The maximum absolute atomic E-state index is 12.9. The van der Waals surface area contributed by atoms with E-state index in [1.54, 1.807) is 18.2 Å². The van der Waals surface area contributed by atoms with E-state index in [-0.39, 0.29) is 12.7 Å². The molecule has 0 bridgehead atoms. The SMILES string of the molecule is CCCn1cc(CN=C(NC(=O)c2ccc3c(c2)OCO3)Nc2ccc(C)cc2)c(C)n1. The summed E-state index contributed by atoms with van der Waals surface area (Å²) >= 11 is 0. The molecule has 166 valence electrons. The van der Waals surface area contributed by atoms with Gasteiger partial charge in [0.2, 0.25) is 12.8 Å². The third-order valence-electron chi connectivity index (χ3n) is 5.09. The van der Waals surface area contributed by atoms with Crippen LogP contribution in [0.1, 0.15) is 40.5 Å². The Bertz CT molecular complexity index is 1140. The molecule has 3 aromatic rings. The van der Waals surface area contributed by atoms with E-state index in [0.717, 1.165) is 35.5 Å². The van der Waals surface area contributed by atoms with E-state index in [0.29, 0.717) is 29.6 Å². The van der Waals surface area contributed by atoms with E-state index in [1.165, 1.54) is 0 Å². The largest absolute Gasteiger partial charge is 0.454 e. The average Bonchev–Trinajstić information content (AvgIpc) is 3.39. The van der Waals surface area contributed by atoms with Gasteiger partial charge in [-0.05, 0) is 50.6 Å². The first-order chi connectivity index (χ1) is 15.5. The Morgan fingerprint density at radius 3 is 2.69 bits per heavy atom. The fourth-order valence-electron chi connectivity index (χ4n) is 3.32. The third-order valence-corrected chi connectivity index (χ3v) is 5.09. The summed E-state index contributed by atoms with van der Waals surface area (Å²) in [5, 5.41) is 10.6. The van der Waals surface area contributed by atoms with E-state index < -0.39 is 0 Å². The third kappa shape index (κ3) is 5.08. The highest BCUT2D eigenvalue weighted by Crippen LogP contribution is 2.32. The summed E-state index contributed by atoms with van der Waals surface area (Å²) in [7, 11) is 0. The van der Waals surface area contributed by atoms with Crippen LogP contribution in [-0.2, 0) is 13.1 Å². The molecular formula is C24H27N5O3. The highest BCUT2D eigenvalue weighted by atomic mass is 16.7. The minimum Gasteiger partial charge on any atom is -0.454 e. The van der Waals surface area contributed by atoms with Crippen molar-refractivity contribution in [2.45, 2.75) is 40.3 Å². The molecule has 2 heterocycles. The van der Waals surface area contributed by atoms with Gasteiger partial charge in [-0.15, -0.1) is 0 Å². The summed E-state index contributed by atoms with van der Waals surface area (Å²) in [6.45, 7) is 7.52. The van der Waals surface area contributed by atoms with Crippen molar-refractivity contribution in [1.82, 2.24) is 15.1 Å². The smallest absolute Gasteiger partial charge is 0.258 e. The molecule has 1 amide bonds.